The highest BCUT2D eigenvalue weighted by Crippen LogP contribution is 2.19. The van der Waals surface area contributed by atoms with Crippen LogP contribution >= 0.6 is 0 Å². The van der Waals surface area contributed by atoms with Crippen LogP contribution in [0.1, 0.15) is 5.56 Å². The van der Waals surface area contributed by atoms with Gasteiger partial charge in [-0.3, -0.25) is 4.79 Å². The van der Waals surface area contributed by atoms with Gasteiger partial charge >= 0.3 is 0 Å². The number of aromatic hydroxyl groups is 1. The van der Waals surface area contributed by atoms with Crippen molar-refractivity contribution in [2.45, 2.75) is 6.42 Å². The Morgan fingerprint density at radius 3 is 2.46 bits per heavy atom. The molecule has 3 N–H and O–H groups in total. The molecule has 0 unspecified atom stereocenters. The summed E-state index contributed by atoms with van der Waals surface area (Å²) in [6, 6.07) is 9.71. The number of nitrogens with zero attached hydrogens (tertiary/aromatic N) is 1. The summed E-state index contributed by atoms with van der Waals surface area (Å²) in [6.07, 6.45) is 1.38. The molecule has 0 atom stereocenters. The minimum Gasteiger partial charge on any atom is -0.508 e. The fourth-order valence-corrected chi connectivity index (χ4v) is 2.01. The molecule has 0 aliphatic rings. The largest absolute Gasteiger partial charge is 0.508 e. The summed E-state index contributed by atoms with van der Waals surface area (Å²) in [5, 5.41) is 23.0. The molecule has 8 heteroatoms. The van der Waals surface area contributed by atoms with Crippen LogP contribution in [-0.2, 0) is 11.2 Å². The average Bonchev–Trinajstić information content (AvgIpc) is 2.63. The molecule has 0 aliphatic carbocycles. The third-order valence-corrected chi connectivity index (χ3v) is 3.41. The van der Waals surface area contributed by atoms with Crippen LogP contribution in [0.4, 0.5) is 18.9 Å². The number of hydrogen-bond acceptors (Lipinski definition) is 4. The van der Waals surface area contributed by atoms with E-state index in [0.29, 0.717) is 6.42 Å². The molecule has 0 bridgehead atoms. The first-order valence-corrected chi connectivity index (χ1v) is 7.48. The summed E-state index contributed by atoms with van der Waals surface area (Å²) in [6.45, 7) is 0.224. The highest BCUT2D eigenvalue weighted by Gasteiger charge is 2.14. The van der Waals surface area contributed by atoms with Gasteiger partial charge in [0.15, 0.2) is 17.5 Å². The van der Waals surface area contributed by atoms with Gasteiger partial charge in [-0.05, 0) is 36.2 Å². The Balaban J connectivity index is 1.95. The first-order chi connectivity index (χ1) is 12.4. The number of carbonyl (C=O) groups is 1. The molecule has 0 aromatic heterocycles. The number of benzene rings is 2. The van der Waals surface area contributed by atoms with Gasteiger partial charge in [0.25, 0.3) is 5.91 Å². The van der Waals surface area contributed by atoms with Crippen molar-refractivity contribution in [2.75, 3.05) is 11.9 Å². The third kappa shape index (κ3) is 4.77. The van der Waals surface area contributed by atoms with Gasteiger partial charge in [0, 0.05) is 12.7 Å². The predicted octanol–water partition coefficient (Wildman–Crippen LogP) is 2.99. The van der Waals surface area contributed by atoms with Gasteiger partial charge in [0.1, 0.15) is 17.4 Å². The van der Waals surface area contributed by atoms with Crippen molar-refractivity contribution >= 4 is 11.6 Å². The molecule has 2 aromatic carbocycles. The number of phenolic OH excluding ortho intramolecular Hbond substituents is 1. The van der Waals surface area contributed by atoms with Crippen LogP contribution in [0.15, 0.2) is 48.2 Å². The Morgan fingerprint density at radius 1 is 1.12 bits per heavy atom. The average molecular weight is 361 g/mol. The van der Waals surface area contributed by atoms with Crippen LogP contribution < -0.4 is 10.6 Å². The highest BCUT2D eigenvalue weighted by atomic mass is 19.2. The Bertz CT molecular complexity index is 874. The van der Waals surface area contributed by atoms with E-state index in [4.69, 9.17) is 5.26 Å². The van der Waals surface area contributed by atoms with Crippen LogP contribution in [-0.4, -0.2) is 17.6 Å². The van der Waals surface area contributed by atoms with E-state index in [1.54, 1.807) is 18.2 Å². The molecular weight excluding hydrogens is 347 g/mol. The summed E-state index contributed by atoms with van der Waals surface area (Å²) in [5.74, 6) is -5.03. The van der Waals surface area contributed by atoms with E-state index >= 15 is 0 Å². The summed E-state index contributed by atoms with van der Waals surface area (Å²) in [4.78, 5) is 11.9. The van der Waals surface area contributed by atoms with Gasteiger partial charge in [-0.25, -0.2) is 13.2 Å². The normalized spacial score (nSPS) is 10.9. The smallest absolute Gasteiger partial charge is 0.263 e. The van der Waals surface area contributed by atoms with E-state index in [-0.39, 0.29) is 17.9 Å². The van der Waals surface area contributed by atoms with E-state index in [1.165, 1.54) is 12.1 Å². The molecule has 2 rings (SSSR count). The fraction of sp³-hybridized carbons (Fsp3) is 0.111. The Hall–Kier alpha value is -3.47. The monoisotopic (exact) mass is 361 g/mol. The van der Waals surface area contributed by atoms with Crippen molar-refractivity contribution in [2.24, 2.45) is 0 Å². The summed E-state index contributed by atoms with van der Waals surface area (Å²) >= 11 is 0. The van der Waals surface area contributed by atoms with Gasteiger partial charge in [0.05, 0.1) is 5.69 Å². The molecule has 26 heavy (non-hydrogen) atoms. The second kappa shape index (κ2) is 8.58. The summed E-state index contributed by atoms with van der Waals surface area (Å²) in [5.41, 5.74) is 0.0981. The topological polar surface area (TPSA) is 85.2 Å². The third-order valence-electron chi connectivity index (χ3n) is 3.41. The summed E-state index contributed by atoms with van der Waals surface area (Å²) in [7, 11) is 0. The molecule has 0 radical (unpaired) electrons. The maximum atomic E-state index is 13.5. The van der Waals surface area contributed by atoms with E-state index in [0.717, 1.165) is 23.9 Å². The van der Waals surface area contributed by atoms with Crippen LogP contribution in [0.5, 0.6) is 5.75 Å². The molecular formula is C18H14F3N3O2. The zero-order chi connectivity index (χ0) is 19.1. The van der Waals surface area contributed by atoms with E-state index in [1.807, 2.05) is 0 Å². The molecule has 2 aromatic rings. The Morgan fingerprint density at radius 2 is 1.81 bits per heavy atom. The number of rotatable bonds is 6. The van der Waals surface area contributed by atoms with Gasteiger partial charge in [0.2, 0.25) is 0 Å². The lowest BCUT2D eigenvalue weighted by Crippen LogP contribution is -2.27. The Kier molecular flexibility index (Phi) is 6.22. The molecule has 0 saturated heterocycles. The van der Waals surface area contributed by atoms with Crippen molar-refractivity contribution in [1.82, 2.24) is 5.32 Å². The number of halogens is 3. The van der Waals surface area contributed by atoms with Gasteiger partial charge in [-0.1, -0.05) is 12.1 Å². The van der Waals surface area contributed by atoms with Crippen molar-refractivity contribution in [1.29, 1.82) is 5.26 Å². The maximum absolute atomic E-state index is 13.5. The maximum Gasteiger partial charge on any atom is 0.263 e. The first kappa shape index (κ1) is 18.9. The molecule has 134 valence electrons. The summed E-state index contributed by atoms with van der Waals surface area (Å²) < 4.78 is 39.5. The van der Waals surface area contributed by atoms with Crippen LogP contribution in [0.25, 0.3) is 0 Å². The van der Waals surface area contributed by atoms with Crippen molar-refractivity contribution in [3.63, 3.8) is 0 Å². The molecule has 0 spiro atoms. The number of amides is 1. The van der Waals surface area contributed by atoms with E-state index < -0.39 is 29.0 Å². The molecule has 5 nitrogen and oxygen atoms in total. The molecule has 0 saturated carbocycles. The van der Waals surface area contributed by atoms with Crippen LogP contribution in [0, 0.1) is 28.8 Å². The number of nitrogens with one attached hydrogen (secondary N) is 2. The quantitative estimate of drug-likeness (QED) is 0.420. The molecule has 0 fully saturated rings. The number of hydrogen-bond donors (Lipinski definition) is 3. The molecule has 0 aliphatic heterocycles. The minimum absolute atomic E-state index is 0.128. The van der Waals surface area contributed by atoms with Gasteiger partial charge in [-0.2, -0.15) is 5.26 Å². The van der Waals surface area contributed by atoms with Crippen LogP contribution in [0.3, 0.4) is 0 Å². The molecule has 0 heterocycles. The second-order valence-electron chi connectivity index (χ2n) is 5.21. The second-order valence-corrected chi connectivity index (χ2v) is 5.21. The highest BCUT2D eigenvalue weighted by molar-refractivity contribution is 5.97. The standard InChI is InChI=1S/C18H14F3N3O2/c19-14-5-6-15(17(21)16(14)20)24-10-12(9-22)18(26)23-8-7-11-1-3-13(25)4-2-11/h1-6,10,24-25H,7-8H2,(H,23,26)/b12-10-. The lowest BCUT2D eigenvalue weighted by Gasteiger charge is -2.07. The Labute approximate surface area is 147 Å². The first-order valence-electron chi connectivity index (χ1n) is 7.48. The van der Waals surface area contributed by atoms with Crippen molar-refractivity contribution in [3.8, 4) is 11.8 Å². The predicted molar refractivity (Wildman–Crippen MR) is 88.5 cm³/mol. The zero-order valence-electron chi connectivity index (χ0n) is 13.4. The van der Waals surface area contributed by atoms with Gasteiger partial charge < -0.3 is 15.7 Å². The van der Waals surface area contributed by atoms with E-state index in [9.17, 15) is 23.1 Å². The lowest BCUT2D eigenvalue weighted by molar-refractivity contribution is -0.117. The van der Waals surface area contributed by atoms with Crippen LogP contribution in [0.2, 0.25) is 0 Å². The minimum atomic E-state index is -1.65. The number of anilines is 1. The number of phenols is 1. The van der Waals surface area contributed by atoms with E-state index in [2.05, 4.69) is 10.6 Å². The molecule has 1 amide bonds. The van der Waals surface area contributed by atoms with Crippen molar-refractivity contribution < 1.29 is 23.1 Å². The number of carbonyl (C=O) groups excluding carboxylic acids is 1. The zero-order valence-corrected chi connectivity index (χ0v) is 13.4. The SMILES string of the molecule is N#C/C(=C/Nc1ccc(F)c(F)c1F)C(=O)NCCc1ccc(O)cc1. The number of nitriles is 1. The van der Waals surface area contributed by atoms with Crippen molar-refractivity contribution in [3.05, 3.63) is 71.2 Å². The fourth-order valence-electron chi connectivity index (χ4n) is 2.01. The lowest BCUT2D eigenvalue weighted by atomic mass is 10.1. The van der Waals surface area contributed by atoms with Gasteiger partial charge in [-0.15, -0.1) is 0 Å².